The predicted molar refractivity (Wildman–Crippen MR) is 66.5 cm³/mol. The molecule has 0 radical (unpaired) electrons. The molecule has 1 aromatic rings. The van der Waals surface area contributed by atoms with Crippen LogP contribution < -0.4 is 10.6 Å². The minimum Gasteiger partial charge on any atom is -0.399 e. The molecule has 2 unspecified atom stereocenters. The minimum atomic E-state index is -0.285. The third kappa shape index (κ3) is 2.13. The molecule has 16 heavy (non-hydrogen) atoms. The van der Waals surface area contributed by atoms with Crippen molar-refractivity contribution in [3.05, 3.63) is 24.3 Å². The van der Waals surface area contributed by atoms with Crippen molar-refractivity contribution >= 4 is 11.4 Å². The van der Waals surface area contributed by atoms with E-state index in [1.165, 1.54) is 0 Å². The van der Waals surface area contributed by atoms with Gasteiger partial charge in [0.1, 0.15) is 0 Å². The molecule has 1 fully saturated rings. The van der Waals surface area contributed by atoms with Crippen LogP contribution in [0, 0.1) is 0 Å². The van der Waals surface area contributed by atoms with E-state index in [1.54, 1.807) is 0 Å². The normalized spacial score (nSPS) is 25.4. The Balaban J connectivity index is 2.10. The molecule has 4 nitrogen and oxygen atoms in total. The molecule has 1 heterocycles. The van der Waals surface area contributed by atoms with E-state index in [2.05, 4.69) is 9.80 Å². The molecule has 3 N–H and O–H groups in total. The molecule has 2 rings (SSSR count). The molecule has 1 aliphatic rings. The monoisotopic (exact) mass is 221 g/mol. The molecular weight excluding hydrogens is 202 g/mol. The van der Waals surface area contributed by atoms with E-state index in [9.17, 15) is 5.11 Å². The molecule has 1 aromatic carbocycles. The van der Waals surface area contributed by atoms with E-state index in [0.29, 0.717) is 6.54 Å². The standard InChI is InChI=1S/C12H19N3O/c1-14(2)11-7-15(8-12(11)16)10-5-3-9(13)4-6-10/h3-6,11-12,16H,7-8,13H2,1-2H3. The van der Waals surface area contributed by atoms with Crippen molar-refractivity contribution in [2.45, 2.75) is 12.1 Å². The summed E-state index contributed by atoms with van der Waals surface area (Å²) in [5.74, 6) is 0. The Labute approximate surface area is 96.3 Å². The quantitative estimate of drug-likeness (QED) is 0.709. The molecule has 0 amide bonds. The Morgan fingerprint density at radius 1 is 1.25 bits per heavy atom. The summed E-state index contributed by atoms with van der Waals surface area (Å²) >= 11 is 0. The number of aliphatic hydroxyl groups excluding tert-OH is 1. The molecule has 1 aliphatic heterocycles. The second kappa shape index (κ2) is 4.31. The topological polar surface area (TPSA) is 52.7 Å². The van der Waals surface area contributed by atoms with Gasteiger partial charge in [-0.2, -0.15) is 0 Å². The molecule has 88 valence electrons. The lowest BCUT2D eigenvalue weighted by molar-refractivity contribution is 0.114. The smallest absolute Gasteiger partial charge is 0.0886 e. The summed E-state index contributed by atoms with van der Waals surface area (Å²) in [5, 5.41) is 9.94. The van der Waals surface area contributed by atoms with Crippen molar-refractivity contribution < 1.29 is 5.11 Å². The van der Waals surface area contributed by atoms with Crippen LogP contribution in [0.5, 0.6) is 0 Å². The van der Waals surface area contributed by atoms with Gasteiger partial charge in [0, 0.05) is 24.5 Å². The van der Waals surface area contributed by atoms with Gasteiger partial charge >= 0.3 is 0 Å². The lowest BCUT2D eigenvalue weighted by Crippen LogP contribution is -2.37. The highest BCUT2D eigenvalue weighted by Crippen LogP contribution is 2.23. The number of hydrogen-bond acceptors (Lipinski definition) is 4. The van der Waals surface area contributed by atoms with Crippen molar-refractivity contribution in [1.82, 2.24) is 4.90 Å². The summed E-state index contributed by atoms with van der Waals surface area (Å²) in [5.41, 5.74) is 7.55. The van der Waals surface area contributed by atoms with Crippen LogP contribution in [0.2, 0.25) is 0 Å². The highest BCUT2D eigenvalue weighted by atomic mass is 16.3. The second-order valence-corrected chi connectivity index (χ2v) is 4.59. The number of hydrogen-bond donors (Lipinski definition) is 2. The summed E-state index contributed by atoms with van der Waals surface area (Å²) in [6, 6.07) is 7.99. The predicted octanol–water partition coefficient (Wildman–Crippen LogP) is 0.380. The molecular formula is C12H19N3O. The number of rotatable bonds is 2. The van der Waals surface area contributed by atoms with Crippen molar-refractivity contribution in [2.24, 2.45) is 0 Å². The van der Waals surface area contributed by atoms with Gasteiger partial charge in [-0.15, -0.1) is 0 Å². The zero-order chi connectivity index (χ0) is 11.7. The summed E-state index contributed by atoms with van der Waals surface area (Å²) < 4.78 is 0. The number of nitrogens with two attached hydrogens (primary N) is 1. The van der Waals surface area contributed by atoms with Crippen LogP contribution >= 0.6 is 0 Å². The first-order valence-electron chi connectivity index (χ1n) is 5.53. The number of nitrogens with zero attached hydrogens (tertiary/aromatic N) is 2. The number of aliphatic hydroxyl groups is 1. The number of benzene rings is 1. The van der Waals surface area contributed by atoms with Crippen LogP contribution in [0.1, 0.15) is 0 Å². The van der Waals surface area contributed by atoms with Gasteiger partial charge in [0.15, 0.2) is 0 Å². The Morgan fingerprint density at radius 2 is 1.88 bits per heavy atom. The SMILES string of the molecule is CN(C)C1CN(c2ccc(N)cc2)CC1O. The molecule has 0 aromatic heterocycles. The average molecular weight is 221 g/mol. The Hall–Kier alpha value is -1.26. The van der Waals surface area contributed by atoms with Crippen molar-refractivity contribution in [2.75, 3.05) is 37.8 Å². The fourth-order valence-corrected chi connectivity index (χ4v) is 2.17. The molecule has 0 spiro atoms. The molecule has 4 heteroatoms. The maximum Gasteiger partial charge on any atom is 0.0886 e. The molecule has 0 saturated carbocycles. The van der Waals surface area contributed by atoms with Gasteiger partial charge in [0.25, 0.3) is 0 Å². The summed E-state index contributed by atoms with van der Waals surface area (Å²) in [7, 11) is 4.00. The largest absolute Gasteiger partial charge is 0.399 e. The number of β-amino-alcohol motifs (C(OH)–C–C–N with tert-alkyl or cyclic N) is 1. The van der Waals surface area contributed by atoms with Crippen LogP contribution in [-0.4, -0.2) is 49.3 Å². The number of nitrogen functional groups attached to an aromatic ring is 1. The third-order valence-electron chi connectivity index (χ3n) is 3.18. The van der Waals surface area contributed by atoms with Gasteiger partial charge in [-0.05, 0) is 38.4 Å². The van der Waals surface area contributed by atoms with E-state index in [1.807, 2.05) is 38.4 Å². The zero-order valence-corrected chi connectivity index (χ0v) is 9.80. The van der Waals surface area contributed by atoms with Gasteiger partial charge in [-0.25, -0.2) is 0 Å². The molecule has 0 aliphatic carbocycles. The Bertz CT molecular complexity index is 350. The maximum absolute atomic E-state index is 9.94. The van der Waals surface area contributed by atoms with Crippen molar-refractivity contribution in [1.29, 1.82) is 0 Å². The first-order valence-corrected chi connectivity index (χ1v) is 5.53. The van der Waals surface area contributed by atoms with Gasteiger partial charge < -0.3 is 20.6 Å². The van der Waals surface area contributed by atoms with Crippen molar-refractivity contribution in [3.8, 4) is 0 Å². The lowest BCUT2D eigenvalue weighted by Gasteiger charge is -2.22. The van der Waals surface area contributed by atoms with Crippen molar-refractivity contribution in [3.63, 3.8) is 0 Å². The van der Waals surface area contributed by atoms with Gasteiger partial charge in [0.05, 0.1) is 12.1 Å². The van der Waals surface area contributed by atoms with E-state index in [4.69, 9.17) is 5.73 Å². The Morgan fingerprint density at radius 3 is 2.38 bits per heavy atom. The number of anilines is 2. The fourth-order valence-electron chi connectivity index (χ4n) is 2.17. The van der Waals surface area contributed by atoms with Crippen LogP contribution in [-0.2, 0) is 0 Å². The van der Waals surface area contributed by atoms with E-state index in [-0.39, 0.29) is 12.1 Å². The summed E-state index contributed by atoms with van der Waals surface area (Å²) in [6.07, 6.45) is -0.285. The van der Waals surface area contributed by atoms with E-state index in [0.717, 1.165) is 17.9 Å². The fraction of sp³-hybridized carbons (Fsp3) is 0.500. The summed E-state index contributed by atoms with van der Waals surface area (Å²) in [6.45, 7) is 1.55. The van der Waals surface area contributed by atoms with Gasteiger partial charge in [-0.1, -0.05) is 0 Å². The highest BCUT2D eigenvalue weighted by Gasteiger charge is 2.32. The molecule has 2 atom stereocenters. The van der Waals surface area contributed by atoms with Crippen LogP contribution in [0.4, 0.5) is 11.4 Å². The van der Waals surface area contributed by atoms with Crippen LogP contribution in [0.15, 0.2) is 24.3 Å². The van der Waals surface area contributed by atoms with E-state index >= 15 is 0 Å². The highest BCUT2D eigenvalue weighted by molar-refractivity contribution is 5.54. The number of likely N-dealkylation sites (N-methyl/N-ethyl adjacent to an activating group) is 1. The van der Waals surface area contributed by atoms with Crippen LogP contribution in [0.25, 0.3) is 0 Å². The van der Waals surface area contributed by atoms with Gasteiger partial charge in [0.2, 0.25) is 0 Å². The third-order valence-corrected chi connectivity index (χ3v) is 3.18. The maximum atomic E-state index is 9.94. The first kappa shape index (κ1) is 11.2. The Kier molecular flexibility index (Phi) is 3.03. The zero-order valence-electron chi connectivity index (χ0n) is 9.80. The second-order valence-electron chi connectivity index (χ2n) is 4.59. The van der Waals surface area contributed by atoms with E-state index < -0.39 is 0 Å². The molecule has 1 saturated heterocycles. The lowest BCUT2D eigenvalue weighted by atomic mass is 10.2. The minimum absolute atomic E-state index is 0.206. The first-order chi connectivity index (χ1) is 7.58. The average Bonchev–Trinajstić information content (AvgIpc) is 2.61. The summed E-state index contributed by atoms with van der Waals surface area (Å²) in [4.78, 5) is 4.26. The van der Waals surface area contributed by atoms with Gasteiger partial charge in [-0.3, -0.25) is 0 Å². The molecule has 0 bridgehead atoms. The van der Waals surface area contributed by atoms with Crippen LogP contribution in [0.3, 0.4) is 0 Å².